The average Bonchev–Trinajstić information content (AvgIpc) is 3.23. The molecule has 1 aliphatic heterocycles. The summed E-state index contributed by atoms with van der Waals surface area (Å²) in [7, 11) is 0. The quantitative estimate of drug-likeness (QED) is 0.743. The Morgan fingerprint density at radius 1 is 1.32 bits per heavy atom. The second kappa shape index (κ2) is 5.44. The van der Waals surface area contributed by atoms with E-state index in [0.717, 1.165) is 48.8 Å². The topological polar surface area (TPSA) is 59.5 Å². The minimum Gasteiger partial charge on any atom is -0.464 e. The van der Waals surface area contributed by atoms with Crippen LogP contribution in [0.4, 0.5) is 5.82 Å². The van der Waals surface area contributed by atoms with Gasteiger partial charge in [-0.25, -0.2) is 4.98 Å². The van der Waals surface area contributed by atoms with Crippen molar-refractivity contribution in [2.24, 2.45) is 0 Å². The highest BCUT2D eigenvalue weighted by Crippen LogP contribution is 2.36. The molecule has 0 aliphatic carbocycles. The molecule has 114 valence electrons. The third-order valence-electron chi connectivity index (χ3n) is 4.33. The largest absolute Gasteiger partial charge is 0.464 e. The first kappa shape index (κ1) is 13.3. The number of nitrogens with zero attached hydrogens (tertiary/aromatic N) is 5. The smallest absolute Gasteiger partial charge is 0.203 e. The molecule has 0 bridgehead atoms. The molecule has 3 aromatic rings. The first-order chi connectivity index (χ1) is 10.9. The Labute approximate surface area is 128 Å². The number of hydrogen-bond acceptors (Lipinski definition) is 5. The van der Waals surface area contributed by atoms with Crippen molar-refractivity contribution in [2.45, 2.75) is 38.6 Å². The summed E-state index contributed by atoms with van der Waals surface area (Å²) in [4.78, 5) is 6.88. The maximum Gasteiger partial charge on any atom is 0.203 e. The highest BCUT2D eigenvalue weighted by Gasteiger charge is 2.29. The van der Waals surface area contributed by atoms with Crippen molar-refractivity contribution in [1.29, 1.82) is 0 Å². The molecule has 1 atom stereocenters. The lowest BCUT2D eigenvalue weighted by Gasteiger charge is -2.35. The number of hydrogen-bond donors (Lipinski definition) is 0. The monoisotopic (exact) mass is 297 g/mol. The molecule has 1 fully saturated rings. The predicted octanol–water partition coefficient (Wildman–Crippen LogP) is 3.01. The third kappa shape index (κ3) is 2.15. The van der Waals surface area contributed by atoms with Crippen molar-refractivity contribution in [3.8, 4) is 0 Å². The molecule has 4 heterocycles. The molecule has 0 radical (unpaired) electrons. The first-order valence-electron chi connectivity index (χ1n) is 7.86. The SMILES string of the molecule is CCc1ccc([C@H]2CCCCN2c2nccn3cnnc23)o1. The highest BCUT2D eigenvalue weighted by molar-refractivity contribution is 5.64. The molecule has 6 nitrogen and oxygen atoms in total. The highest BCUT2D eigenvalue weighted by atomic mass is 16.3. The number of aromatic nitrogens is 4. The summed E-state index contributed by atoms with van der Waals surface area (Å²) in [6.45, 7) is 3.08. The summed E-state index contributed by atoms with van der Waals surface area (Å²) in [5, 5.41) is 8.22. The lowest BCUT2D eigenvalue weighted by molar-refractivity contribution is 0.376. The van der Waals surface area contributed by atoms with E-state index in [2.05, 4.69) is 39.1 Å². The molecule has 22 heavy (non-hydrogen) atoms. The van der Waals surface area contributed by atoms with Crippen LogP contribution in [0.3, 0.4) is 0 Å². The number of rotatable bonds is 3. The molecule has 3 aromatic heterocycles. The van der Waals surface area contributed by atoms with Gasteiger partial charge in [-0.05, 0) is 31.4 Å². The van der Waals surface area contributed by atoms with Crippen LogP contribution in [-0.2, 0) is 6.42 Å². The van der Waals surface area contributed by atoms with Gasteiger partial charge in [-0.2, -0.15) is 0 Å². The van der Waals surface area contributed by atoms with Crippen molar-refractivity contribution in [1.82, 2.24) is 19.6 Å². The summed E-state index contributed by atoms with van der Waals surface area (Å²) >= 11 is 0. The molecule has 1 aliphatic rings. The van der Waals surface area contributed by atoms with Crippen LogP contribution in [0, 0.1) is 0 Å². The normalized spacial score (nSPS) is 19.0. The Morgan fingerprint density at radius 2 is 2.27 bits per heavy atom. The van der Waals surface area contributed by atoms with Gasteiger partial charge in [0.15, 0.2) is 5.82 Å². The summed E-state index contributed by atoms with van der Waals surface area (Å²) in [5.41, 5.74) is 0.802. The molecule has 0 unspecified atom stereocenters. The Morgan fingerprint density at radius 3 is 3.14 bits per heavy atom. The average molecular weight is 297 g/mol. The predicted molar refractivity (Wildman–Crippen MR) is 82.8 cm³/mol. The Hall–Kier alpha value is -2.37. The van der Waals surface area contributed by atoms with E-state index in [1.807, 2.05) is 10.6 Å². The summed E-state index contributed by atoms with van der Waals surface area (Å²) in [5.74, 6) is 2.95. The van der Waals surface area contributed by atoms with Crippen LogP contribution in [0.1, 0.15) is 43.7 Å². The zero-order chi connectivity index (χ0) is 14.9. The van der Waals surface area contributed by atoms with Crippen LogP contribution >= 0.6 is 0 Å². The van der Waals surface area contributed by atoms with E-state index in [1.165, 1.54) is 6.42 Å². The Bertz CT molecular complexity index is 778. The summed E-state index contributed by atoms with van der Waals surface area (Å²) in [6.07, 6.45) is 9.75. The van der Waals surface area contributed by atoms with Gasteiger partial charge in [0.2, 0.25) is 5.65 Å². The van der Waals surface area contributed by atoms with Crippen LogP contribution in [-0.4, -0.2) is 26.1 Å². The molecule has 0 saturated carbocycles. The minimum absolute atomic E-state index is 0.226. The lowest BCUT2D eigenvalue weighted by Crippen LogP contribution is -2.34. The number of aryl methyl sites for hydroxylation is 1. The van der Waals surface area contributed by atoms with Gasteiger partial charge in [0, 0.05) is 25.4 Å². The van der Waals surface area contributed by atoms with Gasteiger partial charge in [0.1, 0.15) is 17.8 Å². The van der Waals surface area contributed by atoms with Gasteiger partial charge in [-0.3, -0.25) is 4.40 Å². The lowest BCUT2D eigenvalue weighted by atomic mass is 10.00. The van der Waals surface area contributed by atoms with Gasteiger partial charge < -0.3 is 9.32 Å². The number of fused-ring (bicyclic) bond motifs is 1. The zero-order valence-electron chi connectivity index (χ0n) is 12.6. The van der Waals surface area contributed by atoms with E-state index in [0.29, 0.717) is 0 Å². The number of piperidine rings is 1. The van der Waals surface area contributed by atoms with Crippen LogP contribution in [0.15, 0.2) is 35.3 Å². The standard InChI is InChI=1S/C16H19N5O/c1-2-12-6-7-14(22-12)13-5-3-4-9-21(13)15-16-19-18-11-20(16)10-8-17-15/h6-8,10-11,13H,2-5,9H2,1H3/t13-/m1/s1. The van der Waals surface area contributed by atoms with E-state index >= 15 is 0 Å². The molecule has 0 N–H and O–H groups in total. The summed E-state index contributed by atoms with van der Waals surface area (Å²) in [6, 6.07) is 4.41. The van der Waals surface area contributed by atoms with E-state index in [-0.39, 0.29) is 6.04 Å². The molecule has 1 saturated heterocycles. The van der Waals surface area contributed by atoms with Gasteiger partial charge >= 0.3 is 0 Å². The number of furan rings is 1. The second-order valence-electron chi connectivity index (χ2n) is 5.68. The van der Waals surface area contributed by atoms with Crippen molar-refractivity contribution in [3.63, 3.8) is 0 Å². The first-order valence-corrected chi connectivity index (χ1v) is 7.86. The van der Waals surface area contributed by atoms with Crippen LogP contribution < -0.4 is 4.90 Å². The molecule has 6 heteroatoms. The third-order valence-corrected chi connectivity index (χ3v) is 4.33. The van der Waals surface area contributed by atoms with Crippen LogP contribution in [0.5, 0.6) is 0 Å². The van der Waals surface area contributed by atoms with Gasteiger partial charge in [-0.1, -0.05) is 6.92 Å². The molecular weight excluding hydrogens is 278 g/mol. The molecule has 0 spiro atoms. The second-order valence-corrected chi connectivity index (χ2v) is 5.68. The van der Waals surface area contributed by atoms with Crippen molar-refractivity contribution < 1.29 is 4.42 Å². The molecule has 0 amide bonds. The van der Waals surface area contributed by atoms with E-state index in [9.17, 15) is 0 Å². The maximum absolute atomic E-state index is 6.01. The molecular formula is C16H19N5O. The summed E-state index contributed by atoms with van der Waals surface area (Å²) < 4.78 is 7.92. The van der Waals surface area contributed by atoms with Gasteiger partial charge in [-0.15, -0.1) is 10.2 Å². The maximum atomic E-state index is 6.01. The molecule has 4 rings (SSSR count). The van der Waals surface area contributed by atoms with Crippen LogP contribution in [0.2, 0.25) is 0 Å². The van der Waals surface area contributed by atoms with E-state index in [1.54, 1.807) is 12.5 Å². The Balaban J connectivity index is 1.75. The Kier molecular flexibility index (Phi) is 3.29. The van der Waals surface area contributed by atoms with Crippen molar-refractivity contribution in [2.75, 3.05) is 11.4 Å². The van der Waals surface area contributed by atoms with Crippen molar-refractivity contribution in [3.05, 3.63) is 42.4 Å². The fourth-order valence-electron chi connectivity index (χ4n) is 3.19. The fraction of sp³-hybridized carbons (Fsp3) is 0.438. The van der Waals surface area contributed by atoms with E-state index in [4.69, 9.17) is 4.42 Å². The van der Waals surface area contributed by atoms with Crippen LogP contribution in [0.25, 0.3) is 5.65 Å². The molecule has 0 aromatic carbocycles. The van der Waals surface area contributed by atoms with Crippen molar-refractivity contribution >= 4 is 11.5 Å². The minimum atomic E-state index is 0.226. The van der Waals surface area contributed by atoms with E-state index < -0.39 is 0 Å². The van der Waals surface area contributed by atoms with Gasteiger partial charge in [0.25, 0.3) is 0 Å². The fourth-order valence-corrected chi connectivity index (χ4v) is 3.19. The van der Waals surface area contributed by atoms with Gasteiger partial charge in [0.05, 0.1) is 6.04 Å². The zero-order valence-corrected chi connectivity index (χ0v) is 12.6. The number of anilines is 1.